The van der Waals surface area contributed by atoms with E-state index in [1.807, 2.05) is 69.3 Å². The Balaban J connectivity index is 2.04. The van der Waals surface area contributed by atoms with Gasteiger partial charge < -0.3 is 15.8 Å². The van der Waals surface area contributed by atoms with Gasteiger partial charge in [-0.1, -0.05) is 42.0 Å². The van der Waals surface area contributed by atoms with Crippen molar-refractivity contribution in [2.24, 2.45) is 5.73 Å². The average Bonchev–Trinajstić information content (AvgIpc) is 2.55. The summed E-state index contributed by atoms with van der Waals surface area (Å²) in [5.74, 6) is 0.608. The Labute approximate surface area is 137 Å². The highest BCUT2D eigenvalue weighted by Gasteiger charge is 2.18. The van der Waals surface area contributed by atoms with Crippen LogP contribution in [0.2, 0.25) is 0 Å². The van der Waals surface area contributed by atoms with Crippen molar-refractivity contribution in [2.75, 3.05) is 6.61 Å². The Morgan fingerprint density at radius 2 is 1.87 bits per heavy atom. The summed E-state index contributed by atoms with van der Waals surface area (Å²) in [5.41, 5.74) is 8.99. The monoisotopic (exact) mass is 312 g/mol. The van der Waals surface area contributed by atoms with E-state index in [2.05, 4.69) is 5.32 Å². The molecule has 1 amide bonds. The van der Waals surface area contributed by atoms with E-state index in [4.69, 9.17) is 10.5 Å². The van der Waals surface area contributed by atoms with E-state index in [1.54, 1.807) is 0 Å². The Hall–Kier alpha value is -2.33. The van der Waals surface area contributed by atoms with Gasteiger partial charge in [0.15, 0.2) is 0 Å². The lowest BCUT2D eigenvalue weighted by atomic mass is 10.0. The highest BCUT2D eigenvalue weighted by Crippen LogP contribution is 2.20. The maximum atomic E-state index is 12.4. The zero-order valence-corrected chi connectivity index (χ0v) is 13.9. The molecule has 2 unspecified atom stereocenters. The second kappa shape index (κ2) is 7.79. The molecular formula is C19H24N2O2. The maximum absolute atomic E-state index is 12.4. The fourth-order valence-electron chi connectivity index (χ4n) is 2.35. The molecule has 0 saturated carbocycles. The topological polar surface area (TPSA) is 64.3 Å². The molecule has 4 nitrogen and oxygen atoms in total. The second-order valence-electron chi connectivity index (χ2n) is 5.62. The van der Waals surface area contributed by atoms with Crippen LogP contribution in [0.25, 0.3) is 0 Å². The van der Waals surface area contributed by atoms with Crippen LogP contribution < -0.4 is 15.8 Å². The molecule has 23 heavy (non-hydrogen) atoms. The van der Waals surface area contributed by atoms with E-state index in [-0.39, 0.29) is 11.9 Å². The summed E-state index contributed by atoms with van der Waals surface area (Å²) in [4.78, 5) is 12.4. The summed E-state index contributed by atoms with van der Waals surface area (Å²) in [7, 11) is 0. The van der Waals surface area contributed by atoms with E-state index in [0.717, 1.165) is 22.4 Å². The number of ether oxygens (including phenoxy) is 1. The first-order valence-corrected chi connectivity index (χ1v) is 7.86. The van der Waals surface area contributed by atoms with Crippen LogP contribution in [-0.4, -0.2) is 12.5 Å². The van der Waals surface area contributed by atoms with Crippen LogP contribution in [0.5, 0.6) is 5.75 Å². The highest BCUT2D eigenvalue weighted by molar-refractivity contribution is 5.83. The van der Waals surface area contributed by atoms with Crippen LogP contribution in [0.4, 0.5) is 0 Å². The average molecular weight is 312 g/mol. The number of rotatable bonds is 6. The summed E-state index contributed by atoms with van der Waals surface area (Å²) in [5, 5.41) is 2.96. The minimum absolute atomic E-state index is 0.139. The van der Waals surface area contributed by atoms with E-state index < -0.39 is 6.04 Å². The molecule has 122 valence electrons. The number of amides is 1. The minimum Gasteiger partial charge on any atom is -0.494 e. The predicted octanol–water partition coefficient (Wildman–Crippen LogP) is 3.27. The molecule has 0 aliphatic carbocycles. The second-order valence-corrected chi connectivity index (χ2v) is 5.62. The normalized spacial score (nSPS) is 13.2. The zero-order chi connectivity index (χ0) is 16.8. The van der Waals surface area contributed by atoms with Gasteiger partial charge in [0, 0.05) is 0 Å². The van der Waals surface area contributed by atoms with E-state index in [1.165, 1.54) is 0 Å². The van der Waals surface area contributed by atoms with Crippen molar-refractivity contribution in [3.8, 4) is 5.75 Å². The summed E-state index contributed by atoms with van der Waals surface area (Å²) in [6, 6.07) is 14.6. The first kappa shape index (κ1) is 17.0. The third-order valence-electron chi connectivity index (χ3n) is 3.75. The van der Waals surface area contributed by atoms with Crippen LogP contribution in [0.1, 0.15) is 42.6 Å². The smallest absolute Gasteiger partial charge is 0.241 e. The van der Waals surface area contributed by atoms with Crippen molar-refractivity contribution >= 4 is 5.91 Å². The molecule has 2 aromatic rings. The lowest BCUT2D eigenvalue weighted by Crippen LogP contribution is -2.35. The zero-order valence-electron chi connectivity index (χ0n) is 13.9. The molecular weight excluding hydrogens is 288 g/mol. The third kappa shape index (κ3) is 4.57. The summed E-state index contributed by atoms with van der Waals surface area (Å²) < 4.78 is 5.49. The fraction of sp³-hybridized carbons (Fsp3) is 0.316. The predicted molar refractivity (Wildman–Crippen MR) is 92.3 cm³/mol. The van der Waals surface area contributed by atoms with Crippen molar-refractivity contribution in [3.05, 3.63) is 65.2 Å². The van der Waals surface area contributed by atoms with E-state index in [9.17, 15) is 4.79 Å². The van der Waals surface area contributed by atoms with Crippen LogP contribution in [0.3, 0.4) is 0 Å². The number of nitrogens with two attached hydrogens (primary N) is 1. The molecule has 0 bridgehead atoms. The van der Waals surface area contributed by atoms with Crippen molar-refractivity contribution in [3.63, 3.8) is 0 Å². The van der Waals surface area contributed by atoms with Gasteiger partial charge in [-0.2, -0.15) is 0 Å². The van der Waals surface area contributed by atoms with Crippen molar-refractivity contribution in [1.29, 1.82) is 0 Å². The van der Waals surface area contributed by atoms with Crippen molar-refractivity contribution in [1.82, 2.24) is 5.32 Å². The van der Waals surface area contributed by atoms with Crippen LogP contribution in [-0.2, 0) is 4.79 Å². The van der Waals surface area contributed by atoms with Gasteiger partial charge in [0.1, 0.15) is 11.8 Å². The van der Waals surface area contributed by atoms with Gasteiger partial charge in [0.25, 0.3) is 0 Å². The first-order chi connectivity index (χ1) is 11.0. The number of aryl methyl sites for hydroxylation is 1. The van der Waals surface area contributed by atoms with Crippen molar-refractivity contribution < 1.29 is 9.53 Å². The van der Waals surface area contributed by atoms with Crippen molar-refractivity contribution in [2.45, 2.75) is 32.9 Å². The number of benzene rings is 2. The lowest BCUT2D eigenvalue weighted by Gasteiger charge is -2.19. The number of carbonyl (C=O) groups excluding carboxylic acids is 1. The minimum atomic E-state index is -0.673. The van der Waals surface area contributed by atoms with Crippen LogP contribution >= 0.6 is 0 Å². The standard InChI is InChI=1S/C19H24N2O2/c1-4-23-17-7-5-6-16(12-17)14(3)21-19(22)18(20)15-10-8-13(2)9-11-15/h5-12,14,18H,4,20H2,1-3H3,(H,21,22). The first-order valence-electron chi connectivity index (χ1n) is 7.86. The molecule has 0 heterocycles. The largest absolute Gasteiger partial charge is 0.494 e. The van der Waals surface area contributed by atoms with Gasteiger partial charge in [-0.15, -0.1) is 0 Å². The molecule has 0 radical (unpaired) electrons. The molecule has 0 aromatic heterocycles. The van der Waals surface area contributed by atoms with Gasteiger partial charge in [0.2, 0.25) is 5.91 Å². The fourth-order valence-corrected chi connectivity index (χ4v) is 2.35. The molecule has 0 fully saturated rings. The van der Waals surface area contributed by atoms with Gasteiger partial charge in [0.05, 0.1) is 12.6 Å². The number of nitrogens with one attached hydrogen (secondary N) is 1. The SMILES string of the molecule is CCOc1cccc(C(C)NC(=O)C(N)c2ccc(C)cc2)c1. The maximum Gasteiger partial charge on any atom is 0.241 e. The molecule has 0 saturated heterocycles. The van der Waals surface area contributed by atoms with Gasteiger partial charge in [-0.05, 0) is 44.0 Å². The van der Waals surface area contributed by atoms with Crippen LogP contribution in [0.15, 0.2) is 48.5 Å². The Morgan fingerprint density at radius 3 is 2.52 bits per heavy atom. The summed E-state index contributed by atoms with van der Waals surface area (Å²) in [6.07, 6.45) is 0. The number of carbonyl (C=O) groups is 1. The Morgan fingerprint density at radius 1 is 1.17 bits per heavy atom. The molecule has 2 aromatic carbocycles. The molecule has 0 aliphatic heterocycles. The van der Waals surface area contributed by atoms with Gasteiger partial charge in [-0.25, -0.2) is 0 Å². The molecule has 3 N–H and O–H groups in total. The Kier molecular flexibility index (Phi) is 5.77. The number of hydrogen-bond donors (Lipinski definition) is 2. The summed E-state index contributed by atoms with van der Waals surface area (Å²) >= 11 is 0. The number of hydrogen-bond acceptors (Lipinski definition) is 3. The molecule has 2 rings (SSSR count). The van der Waals surface area contributed by atoms with Crippen LogP contribution in [0, 0.1) is 6.92 Å². The quantitative estimate of drug-likeness (QED) is 0.860. The van der Waals surface area contributed by atoms with Gasteiger partial charge in [-0.3, -0.25) is 4.79 Å². The third-order valence-corrected chi connectivity index (χ3v) is 3.75. The van der Waals surface area contributed by atoms with Gasteiger partial charge >= 0.3 is 0 Å². The lowest BCUT2D eigenvalue weighted by molar-refractivity contribution is -0.123. The molecule has 0 aliphatic rings. The molecule has 0 spiro atoms. The van der Waals surface area contributed by atoms with E-state index in [0.29, 0.717) is 6.61 Å². The Bertz CT molecular complexity index is 653. The highest BCUT2D eigenvalue weighted by atomic mass is 16.5. The summed E-state index contributed by atoms with van der Waals surface area (Å²) in [6.45, 7) is 6.49. The molecule has 4 heteroatoms. The molecule has 2 atom stereocenters. The van der Waals surface area contributed by atoms with E-state index >= 15 is 0 Å².